The molecule has 138 valence electrons. The molecule has 0 saturated carbocycles. The van der Waals surface area contributed by atoms with Crippen molar-refractivity contribution >= 4 is 11.8 Å². The monoisotopic (exact) mass is 357 g/mol. The SMILES string of the molecule is Cc1cc(C(=O)COC(=O)c2ccccc2O)c(C)n1C[C@H]1CCCO1. The third kappa shape index (κ3) is 3.80. The van der Waals surface area contributed by atoms with Crippen LogP contribution in [0.3, 0.4) is 0 Å². The molecule has 1 N–H and O–H groups in total. The second-order valence-corrected chi connectivity index (χ2v) is 6.55. The predicted molar refractivity (Wildman–Crippen MR) is 95.6 cm³/mol. The molecular formula is C20H23NO5. The minimum absolute atomic E-state index is 0.0455. The molecule has 6 heteroatoms. The molecule has 6 nitrogen and oxygen atoms in total. The number of benzene rings is 1. The van der Waals surface area contributed by atoms with Crippen LogP contribution in [-0.2, 0) is 16.0 Å². The number of aromatic nitrogens is 1. The minimum atomic E-state index is -0.718. The molecule has 2 heterocycles. The van der Waals surface area contributed by atoms with Gasteiger partial charge in [-0.25, -0.2) is 4.79 Å². The van der Waals surface area contributed by atoms with Crippen LogP contribution in [0.4, 0.5) is 0 Å². The maximum Gasteiger partial charge on any atom is 0.342 e. The zero-order chi connectivity index (χ0) is 18.7. The first-order valence-corrected chi connectivity index (χ1v) is 8.74. The van der Waals surface area contributed by atoms with Gasteiger partial charge in [-0.15, -0.1) is 0 Å². The molecular weight excluding hydrogens is 334 g/mol. The van der Waals surface area contributed by atoms with E-state index >= 15 is 0 Å². The summed E-state index contributed by atoms with van der Waals surface area (Å²) in [6.07, 6.45) is 2.28. The van der Waals surface area contributed by atoms with Crippen LogP contribution < -0.4 is 0 Å². The van der Waals surface area contributed by atoms with E-state index in [9.17, 15) is 14.7 Å². The van der Waals surface area contributed by atoms with Gasteiger partial charge in [-0.05, 0) is 44.9 Å². The average Bonchev–Trinajstić information content (AvgIpc) is 3.23. The van der Waals surface area contributed by atoms with Gasteiger partial charge in [0, 0.05) is 30.1 Å². The second-order valence-electron chi connectivity index (χ2n) is 6.55. The standard InChI is InChI=1S/C20H23NO5/c1-13-10-17(14(2)21(13)11-15-6-5-9-25-15)19(23)12-26-20(24)16-7-3-4-8-18(16)22/h3-4,7-8,10,15,22H,5-6,9,11-12H2,1-2H3/t15-/m1/s1. The lowest BCUT2D eigenvalue weighted by Crippen LogP contribution is -2.18. The van der Waals surface area contributed by atoms with Crippen molar-refractivity contribution in [3.05, 3.63) is 52.8 Å². The number of para-hydroxylation sites is 1. The number of carbonyl (C=O) groups is 2. The number of hydrogen-bond acceptors (Lipinski definition) is 5. The van der Waals surface area contributed by atoms with Crippen molar-refractivity contribution in [2.45, 2.75) is 39.3 Å². The summed E-state index contributed by atoms with van der Waals surface area (Å²) in [7, 11) is 0. The first-order valence-electron chi connectivity index (χ1n) is 8.74. The Kier molecular flexibility index (Phi) is 5.42. The first kappa shape index (κ1) is 18.2. The highest BCUT2D eigenvalue weighted by atomic mass is 16.5. The van der Waals surface area contributed by atoms with Crippen LogP contribution in [-0.4, -0.2) is 40.7 Å². The van der Waals surface area contributed by atoms with Gasteiger partial charge in [-0.1, -0.05) is 12.1 Å². The zero-order valence-corrected chi connectivity index (χ0v) is 15.0. The van der Waals surface area contributed by atoms with Crippen molar-refractivity contribution in [1.29, 1.82) is 0 Å². The van der Waals surface area contributed by atoms with Crippen LogP contribution in [0.5, 0.6) is 5.75 Å². The van der Waals surface area contributed by atoms with Crippen LogP contribution in [0, 0.1) is 13.8 Å². The van der Waals surface area contributed by atoms with E-state index in [0.29, 0.717) is 5.56 Å². The van der Waals surface area contributed by atoms with Crippen molar-refractivity contribution in [3.8, 4) is 5.75 Å². The fourth-order valence-corrected chi connectivity index (χ4v) is 3.29. The highest BCUT2D eigenvalue weighted by Crippen LogP contribution is 2.21. The lowest BCUT2D eigenvalue weighted by Gasteiger charge is -2.14. The maximum absolute atomic E-state index is 12.5. The Morgan fingerprint density at radius 3 is 2.73 bits per heavy atom. The zero-order valence-electron chi connectivity index (χ0n) is 15.0. The van der Waals surface area contributed by atoms with E-state index in [1.54, 1.807) is 12.1 Å². The number of esters is 1. The van der Waals surface area contributed by atoms with Crippen molar-refractivity contribution in [1.82, 2.24) is 4.57 Å². The number of ether oxygens (including phenoxy) is 2. The molecule has 1 fully saturated rings. The van der Waals surface area contributed by atoms with E-state index in [1.165, 1.54) is 12.1 Å². The number of aryl methyl sites for hydroxylation is 1. The predicted octanol–water partition coefficient (Wildman–Crippen LogP) is 3.03. The third-order valence-corrected chi connectivity index (χ3v) is 4.74. The highest BCUT2D eigenvalue weighted by Gasteiger charge is 2.22. The molecule has 0 aliphatic carbocycles. The molecule has 1 aromatic heterocycles. The summed E-state index contributed by atoms with van der Waals surface area (Å²) in [5, 5.41) is 9.68. The average molecular weight is 357 g/mol. The van der Waals surface area contributed by atoms with Crippen LogP contribution in [0.25, 0.3) is 0 Å². The first-order chi connectivity index (χ1) is 12.5. The Labute approximate surface area is 152 Å². The molecule has 1 atom stereocenters. The topological polar surface area (TPSA) is 77.8 Å². The molecule has 3 rings (SSSR count). The smallest absolute Gasteiger partial charge is 0.342 e. The van der Waals surface area contributed by atoms with Crippen molar-refractivity contribution in [2.24, 2.45) is 0 Å². The summed E-state index contributed by atoms with van der Waals surface area (Å²) in [6, 6.07) is 7.91. The van der Waals surface area contributed by atoms with E-state index < -0.39 is 5.97 Å². The van der Waals surface area contributed by atoms with Crippen LogP contribution >= 0.6 is 0 Å². The van der Waals surface area contributed by atoms with Gasteiger partial charge < -0.3 is 19.1 Å². The maximum atomic E-state index is 12.5. The summed E-state index contributed by atoms with van der Waals surface area (Å²) >= 11 is 0. The largest absolute Gasteiger partial charge is 0.507 e. The molecule has 26 heavy (non-hydrogen) atoms. The summed E-state index contributed by atoms with van der Waals surface area (Å²) in [4.78, 5) is 24.5. The summed E-state index contributed by atoms with van der Waals surface area (Å²) in [6.45, 7) is 4.99. The normalized spacial score (nSPS) is 16.6. The van der Waals surface area contributed by atoms with Gasteiger partial charge in [0.05, 0.1) is 6.10 Å². The number of ketones is 1. The molecule has 1 aromatic carbocycles. The fourth-order valence-electron chi connectivity index (χ4n) is 3.29. The molecule has 0 radical (unpaired) electrons. The van der Waals surface area contributed by atoms with E-state index in [0.717, 1.165) is 37.4 Å². The van der Waals surface area contributed by atoms with Crippen molar-refractivity contribution in [2.75, 3.05) is 13.2 Å². The molecule has 0 unspecified atom stereocenters. The second kappa shape index (κ2) is 7.74. The molecule has 1 saturated heterocycles. The molecule has 1 aliphatic heterocycles. The molecule has 0 bridgehead atoms. The van der Waals surface area contributed by atoms with Gasteiger partial charge >= 0.3 is 5.97 Å². The lowest BCUT2D eigenvalue weighted by atomic mass is 10.1. The number of nitrogens with zero attached hydrogens (tertiary/aromatic N) is 1. The van der Waals surface area contributed by atoms with Crippen LogP contribution in [0.1, 0.15) is 44.9 Å². The summed E-state index contributed by atoms with van der Waals surface area (Å²) < 4.78 is 12.8. The van der Waals surface area contributed by atoms with E-state index in [4.69, 9.17) is 9.47 Å². The lowest BCUT2D eigenvalue weighted by molar-refractivity contribution is 0.0471. The third-order valence-electron chi connectivity index (χ3n) is 4.74. The summed E-state index contributed by atoms with van der Waals surface area (Å²) in [5.74, 6) is -1.15. The Balaban J connectivity index is 1.66. The van der Waals surface area contributed by atoms with Gasteiger partial charge in [0.25, 0.3) is 0 Å². The van der Waals surface area contributed by atoms with Crippen LogP contribution in [0.2, 0.25) is 0 Å². The fraction of sp³-hybridized carbons (Fsp3) is 0.400. The van der Waals surface area contributed by atoms with Crippen LogP contribution in [0.15, 0.2) is 30.3 Å². The van der Waals surface area contributed by atoms with Gasteiger partial charge in [-0.3, -0.25) is 4.79 Å². The number of aromatic hydroxyl groups is 1. The Morgan fingerprint density at radius 1 is 1.27 bits per heavy atom. The van der Waals surface area contributed by atoms with Crippen molar-refractivity contribution < 1.29 is 24.2 Å². The minimum Gasteiger partial charge on any atom is -0.507 e. The van der Waals surface area contributed by atoms with Gasteiger partial charge in [0.2, 0.25) is 5.78 Å². The summed E-state index contributed by atoms with van der Waals surface area (Å²) in [5.41, 5.74) is 2.42. The molecule has 2 aromatic rings. The molecule has 1 aliphatic rings. The molecule has 0 spiro atoms. The number of hydrogen-bond donors (Lipinski definition) is 1. The Hall–Kier alpha value is -2.60. The van der Waals surface area contributed by atoms with E-state index in [2.05, 4.69) is 4.57 Å². The Bertz CT molecular complexity index is 818. The van der Waals surface area contributed by atoms with Gasteiger partial charge in [0.15, 0.2) is 6.61 Å². The van der Waals surface area contributed by atoms with Crippen molar-refractivity contribution in [3.63, 3.8) is 0 Å². The number of carbonyl (C=O) groups excluding carboxylic acids is 2. The van der Waals surface area contributed by atoms with E-state index in [-0.39, 0.29) is 29.8 Å². The number of rotatable bonds is 6. The van der Waals surface area contributed by atoms with Gasteiger partial charge in [0.1, 0.15) is 11.3 Å². The molecule has 0 amide bonds. The number of phenolic OH excluding ortho intramolecular Hbond substituents is 1. The van der Waals surface area contributed by atoms with Gasteiger partial charge in [-0.2, -0.15) is 0 Å². The van der Waals surface area contributed by atoms with E-state index in [1.807, 2.05) is 19.9 Å². The Morgan fingerprint density at radius 2 is 2.04 bits per heavy atom. The number of Topliss-reactive ketones (excluding diaryl/α,β-unsaturated/α-hetero) is 1. The number of phenols is 1. The quantitative estimate of drug-likeness (QED) is 0.635. The highest BCUT2D eigenvalue weighted by molar-refractivity contribution is 6.00.